The molecule has 3 heterocycles. The molecule has 2 N–H and O–H groups in total. The maximum atomic E-state index is 12.1. The lowest BCUT2D eigenvalue weighted by molar-refractivity contribution is 0.881. The summed E-state index contributed by atoms with van der Waals surface area (Å²) in [5.74, 6) is 1.07. The average molecular weight is 299 g/mol. The lowest BCUT2D eigenvalue weighted by atomic mass is 10.1. The number of aryl methyl sites for hydroxylation is 1. The lowest BCUT2D eigenvalue weighted by Gasteiger charge is -2.00. The third-order valence-corrected chi connectivity index (χ3v) is 4.92. The van der Waals surface area contributed by atoms with Gasteiger partial charge >= 0.3 is 0 Å². The van der Waals surface area contributed by atoms with E-state index in [1.807, 2.05) is 6.08 Å². The first-order valence-electron chi connectivity index (χ1n) is 6.84. The van der Waals surface area contributed by atoms with Crippen LogP contribution in [-0.2, 0) is 0 Å². The molecule has 2 aliphatic rings. The van der Waals surface area contributed by atoms with Crippen LogP contribution in [0.2, 0.25) is 0 Å². The van der Waals surface area contributed by atoms with Gasteiger partial charge in [0.1, 0.15) is 11.3 Å². The van der Waals surface area contributed by atoms with Crippen molar-refractivity contribution >= 4 is 24.0 Å². The van der Waals surface area contributed by atoms with Crippen molar-refractivity contribution in [3.63, 3.8) is 0 Å². The molecule has 108 valence electrons. The Morgan fingerprint density at radius 1 is 1.43 bits per heavy atom. The second-order valence-electron chi connectivity index (χ2n) is 5.47. The minimum atomic E-state index is -0.117. The van der Waals surface area contributed by atoms with E-state index in [1.54, 1.807) is 17.5 Å². The Labute approximate surface area is 126 Å². The molecule has 0 saturated carbocycles. The van der Waals surface area contributed by atoms with Crippen LogP contribution in [0.5, 0.6) is 0 Å². The highest BCUT2D eigenvalue weighted by Gasteiger charge is 2.12. The van der Waals surface area contributed by atoms with Gasteiger partial charge in [-0.05, 0) is 30.5 Å². The van der Waals surface area contributed by atoms with Gasteiger partial charge in [0.25, 0.3) is 5.56 Å². The third kappa shape index (κ3) is 2.45. The van der Waals surface area contributed by atoms with Gasteiger partial charge < -0.3 is 9.97 Å². The van der Waals surface area contributed by atoms with Gasteiger partial charge in [0.2, 0.25) is 0 Å². The molecule has 0 amide bonds. The van der Waals surface area contributed by atoms with Crippen molar-refractivity contribution in [3.8, 4) is 11.4 Å². The molecule has 4 nitrogen and oxygen atoms in total. The van der Waals surface area contributed by atoms with Crippen molar-refractivity contribution in [1.29, 1.82) is 0 Å². The first kappa shape index (κ1) is 13.8. The molecular formula is C16H17N3OS. The zero-order valence-electron chi connectivity index (χ0n) is 12.3. The summed E-state index contributed by atoms with van der Waals surface area (Å²) in [6.45, 7) is 10.2. The number of aromatic nitrogens is 3. The van der Waals surface area contributed by atoms with Crippen LogP contribution in [0.4, 0.5) is 0 Å². The van der Waals surface area contributed by atoms with Crippen LogP contribution in [-0.4, -0.2) is 15.0 Å². The van der Waals surface area contributed by atoms with Gasteiger partial charge in [-0.25, -0.2) is 4.98 Å². The Kier molecular flexibility index (Phi) is 3.29. The van der Waals surface area contributed by atoms with E-state index in [-0.39, 0.29) is 5.56 Å². The molecule has 0 aliphatic carbocycles. The summed E-state index contributed by atoms with van der Waals surface area (Å²) in [6.07, 6.45) is 3.71. The van der Waals surface area contributed by atoms with Crippen molar-refractivity contribution in [1.82, 2.24) is 15.0 Å². The van der Waals surface area contributed by atoms with Crippen LogP contribution < -0.4 is 16.3 Å². The second kappa shape index (κ2) is 5.00. The van der Waals surface area contributed by atoms with Crippen LogP contribution >= 0.6 is 11.3 Å². The Morgan fingerprint density at radius 3 is 2.86 bits per heavy atom. The van der Waals surface area contributed by atoms with Crippen molar-refractivity contribution in [3.05, 3.63) is 48.6 Å². The molecule has 0 aromatic carbocycles. The Morgan fingerprint density at radius 2 is 2.19 bits per heavy atom. The number of H-pyrrole nitrogens is 2. The summed E-state index contributed by atoms with van der Waals surface area (Å²) >= 11 is 1.73. The Bertz CT molecular complexity index is 929. The number of thiophene rings is 1. The molecule has 0 spiro atoms. The van der Waals surface area contributed by atoms with Gasteiger partial charge in [0.15, 0.2) is 0 Å². The highest BCUT2D eigenvalue weighted by Crippen LogP contribution is 2.29. The zero-order valence-corrected chi connectivity index (χ0v) is 13.1. The molecule has 3 rings (SSSR count). The number of hydrogen-bond donors (Lipinski definition) is 2. The highest BCUT2D eigenvalue weighted by atomic mass is 32.1. The van der Waals surface area contributed by atoms with Gasteiger partial charge in [-0.3, -0.25) is 4.79 Å². The normalized spacial score (nSPS) is 12.7. The second-order valence-corrected chi connectivity index (χ2v) is 6.59. The van der Waals surface area contributed by atoms with Crippen LogP contribution in [0, 0.1) is 6.92 Å². The van der Waals surface area contributed by atoms with Crippen LogP contribution in [0.25, 0.3) is 24.0 Å². The van der Waals surface area contributed by atoms with E-state index in [2.05, 4.69) is 48.4 Å². The standard InChI is InChI=1S/C16H17N3OS/c1-8(2)14-9(3)5-11(21-14)6-12-13-7-17-10(4)18-15(13)19-16(12)20/h5-8,17H,4H2,1-3H3,(H,18,19,20). The van der Waals surface area contributed by atoms with Crippen molar-refractivity contribution in [2.24, 2.45) is 0 Å². The zero-order chi connectivity index (χ0) is 15.1. The van der Waals surface area contributed by atoms with Crippen molar-refractivity contribution in [2.45, 2.75) is 26.7 Å². The first-order chi connectivity index (χ1) is 9.95. The van der Waals surface area contributed by atoms with E-state index >= 15 is 0 Å². The molecule has 0 bridgehead atoms. The number of rotatable bonds is 2. The van der Waals surface area contributed by atoms with E-state index in [4.69, 9.17) is 0 Å². The predicted molar refractivity (Wildman–Crippen MR) is 87.3 cm³/mol. The van der Waals surface area contributed by atoms with Gasteiger partial charge in [-0.15, -0.1) is 11.3 Å². The fraction of sp³-hybridized carbons (Fsp3) is 0.250. The van der Waals surface area contributed by atoms with E-state index in [9.17, 15) is 4.79 Å². The number of fused-ring (bicyclic) bond motifs is 1. The summed E-state index contributed by atoms with van der Waals surface area (Å²) in [4.78, 5) is 24.5. The fourth-order valence-electron chi connectivity index (χ4n) is 2.50. The summed E-state index contributed by atoms with van der Waals surface area (Å²) in [7, 11) is 0. The molecule has 2 aliphatic heterocycles. The molecule has 0 unspecified atom stereocenters. The SMILES string of the molecule is C=c1nc2[nH]c(=O)c(=Cc3cc(C)c(C(C)C)s3)c-2c[nH]1. The van der Waals surface area contributed by atoms with E-state index in [0.29, 0.717) is 22.4 Å². The van der Waals surface area contributed by atoms with E-state index in [0.717, 1.165) is 10.4 Å². The summed E-state index contributed by atoms with van der Waals surface area (Å²) < 4.78 is 0. The maximum Gasteiger partial charge on any atom is 0.257 e. The monoisotopic (exact) mass is 299 g/mol. The average Bonchev–Trinajstić information content (AvgIpc) is 2.91. The fourth-order valence-corrected chi connectivity index (χ4v) is 3.62. The molecule has 1 aromatic rings. The van der Waals surface area contributed by atoms with Gasteiger partial charge in [-0.2, -0.15) is 0 Å². The van der Waals surface area contributed by atoms with Crippen LogP contribution in [0.3, 0.4) is 0 Å². The third-order valence-electron chi connectivity index (χ3n) is 3.44. The molecule has 1 aromatic heterocycles. The number of nitrogens with one attached hydrogen (secondary N) is 2. The molecule has 0 atom stereocenters. The van der Waals surface area contributed by atoms with Crippen LogP contribution in [0.15, 0.2) is 17.1 Å². The largest absolute Gasteiger partial charge is 0.346 e. The predicted octanol–water partition coefficient (Wildman–Crippen LogP) is 1.94. The quantitative estimate of drug-likeness (QED) is 0.759. The molecule has 21 heavy (non-hydrogen) atoms. The van der Waals surface area contributed by atoms with Crippen LogP contribution in [0.1, 0.15) is 35.1 Å². The van der Waals surface area contributed by atoms with Gasteiger partial charge in [0, 0.05) is 21.5 Å². The molecule has 0 saturated heterocycles. The highest BCUT2D eigenvalue weighted by molar-refractivity contribution is 7.13. The Hall–Kier alpha value is -2.14. The molecule has 0 radical (unpaired) electrons. The minimum Gasteiger partial charge on any atom is -0.346 e. The Balaban J connectivity index is 2.21. The van der Waals surface area contributed by atoms with Gasteiger partial charge in [-0.1, -0.05) is 20.4 Å². The van der Waals surface area contributed by atoms with E-state index < -0.39 is 0 Å². The first-order valence-corrected chi connectivity index (χ1v) is 7.66. The van der Waals surface area contributed by atoms with Gasteiger partial charge in [0.05, 0.1) is 5.22 Å². The number of aromatic amines is 2. The lowest BCUT2D eigenvalue weighted by Crippen LogP contribution is -2.21. The molecule has 0 fully saturated rings. The van der Waals surface area contributed by atoms with Crippen molar-refractivity contribution < 1.29 is 0 Å². The summed E-state index contributed by atoms with van der Waals surface area (Å²) in [5.41, 5.74) is 2.49. The summed E-state index contributed by atoms with van der Waals surface area (Å²) in [5, 5.41) is 0.644. The summed E-state index contributed by atoms with van der Waals surface area (Å²) in [6, 6.07) is 2.13. The number of hydrogen-bond acceptors (Lipinski definition) is 3. The molecule has 5 heteroatoms. The molecular weight excluding hydrogens is 282 g/mol. The van der Waals surface area contributed by atoms with Crippen molar-refractivity contribution in [2.75, 3.05) is 0 Å². The topological polar surface area (TPSA) is 61.5 Å². The minimum absolute atomic E-state index is 0.117. The number of nitrogens with zero attached hydrogens (tertiary/aromatic N) is 1. The van der Waals surface area contributed by atoms with E-state index in [1.165, 1.54) is 10.4 Å². The smallest absolute Gasteiger partial charge is 0.257 e. The maximum absolute atomic E-state index is 12.1.